The first kappa shape index (κ1) is 14.8. The van der Waals surface area contributed by atoms with Crippen LogP contribution in [0.1, 0.15) is 15.9 Å². The van der Waals surface area contributed by atoms with Crippen molar-refractivity contribution in [1.82, 2.24) is 0 Å². The molecule has 0 fully saturated rings. The minimum Gasteiger partial charge on any atom is -0.321 e. The second-order valence-electron chi connectivity index (χ2n) is 4.04. The highest BCUT2D eigenvalue weighted by Gasteiger charge is 2.11. The van der Waals surface area contributed by atoms with Crippen LogP contribution >= 0.6 is 50.1 Å². The highest BCUT2D eigenvalue weighted by Crippen LogP contribution is 2.23. The highest BCUT2D eigenvalue weighted by molar-refractivity contribution is 14.1. The van der Waals surface area contributed by atoms with Crippen molar-refractivity contribution >= 4 is 61.7 Å². The summed E-state index contributed by atoms with van der Waals surface area (Å²) in [5.41, 5.74) is 2.35. The predicted octanol–water partition coefficient (Wildman–Crippen LogP) is 5.27. The van der Waals surface area contributed by atoms with Gasteiger partial charge < -0.3 is 5.32 Å². The molecule has 2 aromatic rings. The Labute approximate surface area is 138 Å². The van der Waals surface area contributed by atoms with E-state index < -0.39 is 0 Å². The van der Waals surface area contributed by atoms with Gasteiger partial charge in [0.1, 0.15) is 0 Å². The van der Waals surface area contributed by atoms with Crippen LogP contribution < -0.4 is 5.32 Å². The summed E-state index contributed by atoms with van der Waals surface area (Å²) in [5, 5.41) is 3.55. The van der Waals surface area contributed by atoms with Crippen molar-refractivity contribution in [3.05, 3.63) is 60.6 Å². The predicted molar refractivity (Wildman–Crippen MR) is 91.0 cm³/mol. The molecule has 0 aromatic heterocycles. The summed E-state index contributed by atoms with van der Waals surface area (Å²) in [6.07, 6.45) is 0. The van der Waals surface area contributed by atoms with Gasteiger partial charge in [-0.25, -0.2) is 0 Å². The molecule has 0 saturated heterocycles. The third-order valence-corrected chi connectivity index (χ3v) is 4.23. The Kier molecular flexibility index (Phi) is 4.86. The van der Waals surface area contributed by atoms with Crippen molar-refractivity contribution in [2.24, 2.45) is 0 Å². The molecule has 0 aliphatic carbocycles. The van der Waals surface area contributed by atoms with E-state index in [4.69, 9.17) is 11.6 Å². The molecule has 19 heavy (non-hydrogen) atoms. The molecule has 1 amide bonds. The second-order valence-corrected chi connectivity index (χ2v) is 6.55. The maximum atomic E-state index is 12.2. The molecular formula is C14H10BrClINO. The molecule has 1 N–H and O–H groups in total. The summed E-state index contributed by atoms with van der Waals surface area (Å²) in [5.74, 6) is -0.120. The van der Waals surface area contributed by atoms with Gasteiger partial charge in [-0.3, -0.25) is 4.79 Å². The van der Waals surface area contributed by atoms with E-state index in [-0.39, 0.29) is 5.91 Å². The fraction of sp³-hybridized carbons (Fsp3) is 0.0714. The van der Waals surface area contributed by atoms with Crippen LogP contribution in [0.3, 0.4) is 0 Å². The smallest absolute Gasteiger partial charge is 0.255 e. The highest BCUT2D eigenvalue weighted by atomic mass is 127. The molecular weight excluding hydrogens is 440 g/mol. The first-order valence-electron chi connectivity index (χ1n) is 5.50. The van der Waals surface area contributed by atoms with Gasteiger partial charge in [-0.05, 0) is 71.5 Å². The largest absolute Gasteiger partial charge is 0.321 e. The zero-order valence-electron chi connectivity index (χ0n) is 10.0. The molecule has 0 heterocycles. The average molecular weight is 451 g/mol. The first-order valence-corrected chi connectivity index (χ1v) is 7.75. The van der Waals surface area contributed by atoms with Crippen molar-refractivity contribution < 1.29 is 4.79 Å². The molecule has 2 aromatic carbocycles. The molecule has 2 nitrogen and oxygen atoms in total. The second kappa shape index (κ2) is 6.24. The normalized spacial score (nSPS) is 10.3. The molecule has 0 radical (unpaired) electrons. The lowest BCUT2D eigenvalue weighted by atomic mass is 10.1. The maximum Gasteiger partial charge on any atom is 0.255 e. The van der Waals surface area contributed by atoms with Crippen molar-refractivity contribution in [2.75, 3.05) is 5.32 Å². The summed E-state index contributed by atoms with van der Waals surface area (Å²) < 4.78 is 1.87. The first-order chi connectivity index (χ1) is 8.97. The Bertz CT molecular complexity index is 645. The number of carbonyl (C=O) groups is 1. The van der Waals surface area contributed by atoms with Crippen LogP contribution in [0.25, 0.3) is 0 Å². The van der Waals surface area contributed by atoms with Crippen LogP contribution in [0.2, 0.25) is 5.02 Å². The summed E-state index contributed by atoms with van der Waals surface area (Å²) in [7, 11) is 0. The van der Waals surface area contributed by atoms with E-state index in [0.29, 0.717) is 10.6 Å². The number of nitrogens with one attached hydrogen (secondary N) is 1. The minimum absolute atomic E-state index is 0.120. The van der Waals surface area contributed by atoms with Crippen LogP contribution in [0.15, 0.2) is 40.9 Å². The third kappa shape index (κ3) is 3.70. The molecule has 0 atom stereocenters. The summed E-state index contributed by atoms with van der Waals surface area (Å²) in [6, 6.07) is 10.9. The van der Waals surface area contributed by atoms with Gasteiger partial charge in [0.05, 0.1) is 5.69 Å². The number of halogens is 3. The molecule has 0 saturated carbocycles. The Morgan fingerprint density at radius 3 is 2.63 bits per heavy atom. The van der Waals surface area contributed by atoms with Crippen LogP contribution in [0.4, 0.5) is 5.69 Å². The fourth-order valence-corrected chi connectivity index (χ4v) is 3.14. The van der Waals surface area contributed by atoms with Crippen molar-refractivity contribution in [1.29, 1.82) is 0 Å². The van der Waals surface area contributed by atoms with Gasteiger partial charge in [0.25, 0.3) is 5.91 Å². The monoisotopic (exact) mass is 449 g/mol. The Balaban J connectivity index is 2.25. The van der Waals surface area contributed by atoms with E-state index in [9.17, 15) is 4.79 Å². The van der Waals surface area contributed by atoms with E-state index in [1.807, 2.05) is 25.1 Å². The van der Waals surface area contributed by atoms with E-state index >= 15 is 0 Å². The minimum atomic E-state index is -0.120. The van der Waals surface area contributed by atoms with Gasteiger partial charge in [-0.15, -0.1) is 0 Å². The van der Waals surface area contributed by atoms with Gasteiger partial charge >= 0.3 is 0 Å². The van der Waals surface area contributed by atoms with E-state index in [2.05, 4.69) is 43.8 Å². The average Bonchev–Trinajstić information content (AvgIpc) is 2.32. The Hall–Kier alpha value is -0.590. The van der Waals surface area contributed by atoms with Gasteiger partial charge in [0.15, 0.2) is 0 Å². The number of hydrogen-bond acceptors (Lipinski definition) is 1. The molecule has 0 aliphatic heterocycles. The fourth-order valence-electron chi connectivity index (χ4n) is 1.66. The maximum absolute atomic E-state index is 12.2. The SMILES string of the molecule is Cc1cc(Br)ccc1C(=O)Nc1ccc(Cl)cc1I. The van der Waals surface area contributed by atoms with Crippen LogP contribution in [0.5, 0.6) is 0 Å². The topological polar surface area (TPSA) is 29.1 Å². The number of benzene rings is 2. The number of rotatable bonds is 2. The van der Waals surface area contributed by atoms with E-state index in [0.717, 1.165) is 19.3 Å². The number of hydrogen-bond donors (Lipinski definition) is 1. The van der Waals surface area contributed by atoms with Gasteiger partial charge in [-0.1, -0.05) is 27.5 Å². The van der Waals surface area contributed by atoms with E-state index in [1.54, 1.807) is 18.2 Å². The van der Waals surface area contributed by atoms with Crippen molar-refractivity contribution in [3.63, 3.8) is 0 Å². The Morgan fingerprint density at radius 2 is 2.00 bits per heavy atom. The molecule has 2 rings (SSSR count). The number of aryl methyl sites for hydroxylation is 1. The number of carbonyl (C=O) groups excluding carboxylic acids is 1. The number of anilines is 1. The molecule has 98 valence electrons. The zero-order valence-corrected chi connectivity index (χ0v) is 14.5. The summed E-state index contributed by atoms with van der Waals surface area (Å²) in [4.78, 5) is 12.2. The molecule has 0 bridgehead atoms. The summed E-state index contributed by atoms with van der Waals surface area (Å²) in [6.45, 7) is 1.91. The lowest BCUT2D eigenvalue weighted by molar-refractivity contribution is 0.102. The standard InChI is InChI=1S/C14H10BrClINO/c1-8-6-9(15)2-4-11(8)14(19)18-13-5-3-10(16)7-12(13)17/h2-7H,1H3,(H,18,19). The molecule has 5 heteroatoms. The van der Waals surface area contributed by atoms with Crippen LogP contribution in [-0.4, -0.2) is 5.91 Å². The van der Waals surface area contributed by atoms with Gasteiger partial charge in [0.2, 0.25) is 0 Å². The van der Waals surface area contributed by atoms with Crippen molar-refractivity contribution in [2.45, 2.75) is 6.92 Å². The number of amides is 1. The zero-order chi connectivity index (χ0) is 14.0. The quantitative estimate of drug-likeness (QED) is 0.621. The molecule has 0 unspecified atom stereocenters. The van der Waals surface area contributed by atoms with Gasteiger partial charge in [-0.2, -0.15) is 0 Å². The Morgan fingerprint density at radius 1 is 1.26 bits per heavy atom. The van der Waals surface area contributed by atoms with E-state index in [1.165, 1.54) is 0 Å². The lowest BCUT2D eigenvalue weighted by Gasteiger charge is -2.10. The summed E-state index contributed by atoms with van der Waals surface area (Å²) >= 11 is 11.4. The molecule has 0 aliphatic rings. The lowest BCUT2D eigenvalue weighted by Crippen LogP contribution is -2.14. The molecule has 0 spiro atoms. The van der Waals surface area contributed by atoms with Crippen LogP contribution in [-0.2, 0) is 0 Å². The van der Waals surface area contributed by atoms with Gasteiger partial charge in [0, 0.05) is 18.6 Å². The van der Waals surface area contributed by atoms with Crippen molar-refractivity contribution in [3.8, 4) is 0 Å². The van der Waals surface area contributed by atoms with Crippen LogP contribution in [0, 0.1) is 10.5 Å². The third-order valence-electron chi connectivity index (χ3n) is 2.61.